The van der Waals surface area contributed by atoms with E-state index in [0.29, 0.717) is 0 Å². The molecule has 0 amide bonds. The summed E-state index contributed by atoms with van der Waals surface area (Å²) in [5, 5.41) is 7.60. The minimum absolute atomic E-state index is 0. The van der Waals surface area contributed by atoms with Crippen LogP contribution in [0.3, 0.4) is 0 Å². The molecule has 0 radical (unpaired) electrons. The van der Waals surface area contributed by atoms with Crippen molar-refractivity contribution in [1.29, 1.82) is 0 Å². The first kappa shape index (κ1) is 17.1. The summed E-state index contributed by atoms with van der Waals surface area (Å²) in [4.78, 5) is 9.24. The van der Waals surface area contributed by atoms with Gasteiger partial charge in [0, 0.05) is 10.4 Å². The van der Waals surface area contributed by atoms with Crippen molar-refractivity contribution >= 4 is 16.4 Å². The summed E-state index contributed by atoms with van der Waals surface area (Å²) in [6.45, 7) is -0.278. The molecular weight excluding hydrogens is 218 g/mol. The Bertz CT molecular complexity index is 179. The zero-order valence-corrected chi connectivity index (χ0v) is 7.18. The second-order valence-corrected chi connectivity index (χ2v) is 1.82. The fraction of sp³-hybridized carbons (Fsp3) is 0.500. The molecule has 0 unspecified atom stereocenters. The first-order chi connectivity index (χ1) is 4.27. The minimum atomic E-state index is -5.17. The van der Waals surface area contributed by atoms with Crippen LogP contribution in [0, 0.1) is 0 Å². The molecule has 0 aliphatic heterocycles. The molecule has 0 bridgehead atoms. The van der Waals surface area contributed by atoms with Crippen molar-refractivity contribution in [3.05, 3.63) is 0 Å². The van der Waals surface area contributed by atoms with Crippen molar-refractivity contribution in [3.8, 4) is 0 Å². The molecule has 0 aromatic rings. The van der Waals surface area contributed by atoms with Crippen LogP contribution in [0.5, 0.6) is 0 Å². The third-order valence-corrected chi connectivity index (χ3v) is 0.175. The molecule has 3 N–H and O–H groups in total. The van der Waals surface area contributed by atoms with Gasteiger partial charge in [-0.15, -0.1) is 0 Å². The molecule has 0 aromatic heterocycles. The Balaban J connectivity index is -0.000000107. The second kappa shape index (κ2) is 7.93. The van der Waals surface area contributed by atoms with Crippen molar-refractivity contribution in [2.45, 2.75) is 0 Å². The maximum atomic E-state index is 9.24. The normalized spacial score (nSPS) is 8.64. The Labute approximate surface area is 73.9 Å². The van der Waals surface area contributed by atoms with Crippen molar-refractivity contribution in [2.24, 2.45) is 5.73 Å². The molecule has 0 heterocycles. The maximum absolute atomic E-state index is 9.24. The van der Waals surface area contributed by atoms with Gasteiger partial charge in [0.2, 0.25) is 0 Å². The van der Waals surface area contributed by atoms with Crippen LogP contribution in [-0.4, -0.2) is 35.1 Å². The summed E-state index contributed by atoms with van der Waals surface area (Å²) in [5.74, 6) is -0.968. The third-order valence-electron chi connectivity index (χ3n) is 0.175. The summed E-state index contributed by atoms with van der Waals surface area (Å²) >= 11 is 0. The fourth-order valence-corrected chi connectivity index (χ4v) is 0. The zero-order chi connectivity index (χ0) is 8.78. The van der Waals surface area contributed by atoms with E-state index >= 15 is 0 Å². The van der Waals surface area contributed by atoms with Gasteiger partial charge in [0.1, 0.15) is 0 Å². The summed E-state index contributed by atoms with van der Waals surface area (Å²) in [6, 6.07) is 0. The predicted octanol–water partition coefficient (Wildman–Crippen LogP) is -2.31. The van der Waals surface area contributed by atoms with Crippen LogP contribution >= 0.6 is 0 Å². The molecule has 7 nitrogen and oxygen atoms in total. The van der Waals surface area contributed by atoms with Crippen LogP contribution in [0.2, 0.25) is 0 Å². The van der Waals surface area contributed by atoms with Gasteiger partial charge < -0.3 is 19.9 Å². The number of nitrogens with two attached hydrogens (primary N) is 1. The van der Waals surface area contributed by atoms with Gasteiger partial charge in [-0.25, -0.2) is 0 Å². The quantitative estimate of drug-likeness (QED) is 0.375. The molecule has 0 fully saturated rings. The topological polar surface area (TPSA) is 144 Å². The van der Waals surface area contributed by atoms with Crippen LogP contribution in [0.4, 0.5) is 0 Å². The summed E-state index contributed by atoms with van der Waals surface area (Å²) in [7, 11) is -5.17. The molecule has 0 aliphatic carbocycles. The van der Waals surface area contributed by atoms with E-state index in [9.17, 15) is 4.79 Å². The molecule has 0 aromatic carbocycles. The monoisotopic (exact) mass is 223 g/mol. The predicted molar refractivity (Wildman–Crippen MR) is 27.2 cm³/mol. The van der Waals surface area contributed by atoms with E-state index in [4.69, 9.17) is 22.6 Å². The number of carboxylic acids is 1. The van der Waals surface area contributed by atoms with Crippen LogP contribution in [-0.2, 0) is 32.6 Å². The largest absolute Gasteiger partial charge is 2.00 e. The van der Waals surface area contributed by atoms with Crippen LogP contribution in [0.1, 0.15) is 0 Å². The Kier molecular flexibility index (Phi) is 12.3. The van der Waals surface area contributed by atoms with Crippen molar-refractivity contribution < 1.29 is 44.8 Å². The van der Waals surface area contributed by atoms with Gasteiger partial charge in [0.15, 0.2) is 0 Å². The van der Waals surface area contributed by atoms with Gasteiger partial charge >= 0.3 is 23.3 Å². The Morgan fingerprint density at radius 1 is 1.45 bits per heavy atom. The SMILES string of the molecule is NCC(=O)O.O=S(=O)([O-])[O-].[Cr+2]. The Hall–Kier alpha value is -0.168. The average Bonchev–Trinajstić information content (AvgIpc) is 1.61. The molecule has 11 heavy (non-hydrogen) atoms. The van der Waals surface area contributed by atoms with Crippen LogP contribution < -0.4 is 5.73 Å². The Morgan fingerprint density at radius 2 is 1.55 bits per heavy atom. The summed E-state index contributed by atoms with van der Waals surface area (Å²) in [6.07, 6.45) is 0. The summed E-state index contributed by atoms with van der Waals surface area (Å²) in [5.41, 5.74) is 4.57. The maximum Gasteiger partial charge on any atom is 2.00 e. The van der Waals surface area contributed by atoms with Gasteiger partial charge in [-0.05, 0) is 0 Å². The number of rotatable bonds is 1. The fourth-order valence-electron chi connectivity index (χ4n) is 0. The molecule has 9 heteroatoms. The van der Waals surface area contributed by atoms with Gasteiger partial charge in [-0.2, -0.15) is 0 Å². The van der Waals surface area contributed by atoms with Gasteiger partial charge in [0.25, 0.3) is 0 Å². The summed E-state index contributed by atoms with van der Waals surface area (Å²) < 4.78 is 34.1. The molecular formula is C2H5CrNO6S. The molecule has 0 aliphatic rings. The Morgan fingerprint density at radius 3 is 1.55 bits per heavy atom. The number of carbonyl (C=O) groups is 1. The molecule has 0 atom stereocenters. The first-order valence-electron chi connectivity index (χ1n) is 1.86. The number of hydrogen-bond donors (Lipinski definition) is 2. The number of carboxylic acid groups (broad SMARTS) is 1. The zero-order valence-electron chi connectivity index (χ0n) is 5.09. The molecule has 0 spiro atoms. The smallest absolute Gasteiger partial charge is 0.759 e. The van der Waals surface area contributed by atoms with E-state index in [2.05, 4.69) is 5.73 Å². The van der Waals surface area contributed by atoms with Crippen molar-refractivity contribution in [2.75, 3.05) is 6.54 Å². The van der Waals surface area contributed by atoms with Crippen molar-refractivity contribution in [3.63, 3.8) is 0 Å². The van der Waals surface area contributed by atoms with Crippen LogP contribution in [0.15, 0.2) is 0 Å². The standard InChI is InChI=1S/C2H5NO2.Cr.H2O4S/c3-1-2(4)5;;1-5(2,3)4/h1,3H2,(H,4,5);;(H2,1,2,3,4)/q;+2;/p-2. The van der Waals surface area contributed by atoms with E-state index in [-0.39, 0.29) is 23.9 Å². The minimum Gasteiger partial charge on any atom is -0.759 e. The van der Waals surface area contributed by atoms with Gasteiger partial charge in [0.05, 0.1) is 6.54 Å². The first-order valence-corrected chi connectivity index (χ1v) is 3.19. The molecule has 66 valence electrons. The molecule has 0 saturated carbocycles. The van der Waals surface area contributed by atoms with Gasteiger partial charge in [-0.1, -0.05) is 0 Å². The van der Waals surface area contributed by atoms with E-state index in [1.807, 2.05) is 0 Å². The van der Waals surface area contributed by atoms with E-state index in [1.165, 1.54) is 0 Å². The number of aliphatic carboxylic acids is 1. The van der Waals surface area contributed by atoms with E-state index in [0.717, 1.165) is 0 Å². The van der Waals surface area contributed by atoms with Crippen molar-refractivity contribution in [1.82, 2.24) is 0 Å². The second-order valence-electron chi connectivity index (χ2n) is 1.01. The van der Waals surface area contributed by atoms with Gasteiger partial charge in [-0.3, -0.25) is 13.2 Å². The van der Waals surface area contributed by atoms with Crippen LogP contribution in [0.25, 0.3) is 0 Å². The van der Waals surface area contributed by atoms with E-state index in [1.54, 1.807) is 0 Å². The third kappa shape index (κ3) is 180. The average molecular weight is 223 g/mol. The molecule has 0 saturated heterocycles. The molecule has 0 rings (SSSR count). The van der Waals surface area contributed by atoms with E-state index < -0.39 is 16.4 Å². The number of hydrogen-bond acceptors (Lipinski definition) is 6.